The molecule has 2 aromatic heterocycles. The highest BCUT2D eigenvalue weighted by molar-refractivity contribution is 7.98. The molecule has 3 aromatic rings. The minimum absolute atomic E-state index is 0.00549. The monoisotopic (exact) mass is 382 g/mol. The van der Waals surface area contributed by atoms with E-state index in [-0.39, 0.29) is 17.9 Å². The van der Waals surface area contributed by atoms with Gasteiger partial charge in [0.15, 0.2) is 5.16 Å². The Balaban J connectivity index is 1.65. The number of aromatic amines is 1. The van der Waals surface area contributed by atoms with Crippen molar-refractivity contribution in [3.05, 3.63) is 76.5 Å². The van der Waals surface area contributed by atoms with Crippen LogP contribution < -0.4 is 15.6 Å². The average Bonchev–Trinajstić information content (AvgIpc) is 2.67. The average molecular weight is 382 g/mol. The maximum atomic E-state index is 12.1. The molecule has 1 amide bonds. The number of anilines is 1. The standard InChI is InChI=1S/C19H18N4O3S/c1-26-16-6-2-4-13(8-16)12-27-19-22-15(10-18(25)23-19)9-17(24)21-14-5-3-7-20-11-14/h2-8,10-11H,9,12H2,1H3,(H,21,24)(H,22,23,25). The zero-order valence-electron chi connectivity index (χ0n) is 14.6. The minimum Gasteiger partial charge on any atom is -0.497 e. The Kier molecular flexibility index (Phi) is 6.22. The summed E-state index contributed by atoms with van der Waals surface area (Å²) in [4.78, 5) is 35.0. The molecule has 2 heterocycles. The molecule has 0 spiro atoms. The maximum Gasteiger partial charge on any atom is 0.251 e. The number of nitrogens with one attached hydrogen (secondary N) is 2. The fourth-order valence-corrected chi connectivity index (χ4v) is 3.20. The van der Waals surface area contributed by atoms with Crippen LogP contribution >= 0.6 is 11.8 Å². The number of hydrogen-bond donors (Lipinski definition) is 2. The molecule has 3 rings (SSSR count). The van der Waals surface area contributed by atoms with Crippen LogP contribution in [0.3, 0.4) is 0 Å². The fraction of sp³-hybridized carbons (Fsp3) is 0.158. The van der Waals surface area contributed by atoms with Gasteiger partial charge in [-0.15, -0.1) is 0 Å². The van der Waals surface area contributed by atoms with E-state index >= 15 is 0 Å². The minimum atomic E-state index is -0.290. The van der Waals surface area contributed by atoms with E-state index < -0.39 is 0 Å². The lowest BCUT2D eigenvalue weighted by Gasteiger charge is -2.06. The van der Waals surface area contributed by atoms with Crippen LogP contribution in [0.2, 0.25) is 0 Å². The van der Waals surface area contributed by atoms with E-state index in [1.807, 2.05) is 24.3 Å². The highest BCUT2D eigenvalue weighted by Crippen LogP contribution is 2.21. The Labute approximate surface area is 160 Å². The lowest BCUT2D eigenvalue weighted by Crippen LogP contribution is -2.18. The van der Waals surface area contributed by atoms with Crippen LogP contribution in [-0.2, 0) is 17.0 Å². The topological polar surface area (TPSA) is 97.0 Å². The second-order valence-electron chi connectivity index (χ2n) is 5.65. The van der Waals surface area contributed by atoms with Crippen molar-refractivity contribution in [3.63, 3.8) is 0 Å². The normalized spacial score (nSPS) is 10.4. The summed E-state index contributed by atoms with van der Waals surface area (Å²) in [5.41, 5.74) is 1.76. The van der Waals surface area contributed by atoms with Crippen LogP contribution in [0, 0.1) is 0 Å². The summed E-state index contributed by atoms with van der Waals surface area (Å²) in [6.07, 6.45) is 3.18. The molecule has 0 aliphatic heterocycles. The summed E-state index contributed by atoms with van der Waals surface area (Å²) < 4.78 is 5.21. The predicted molar refractivity (Wildman–Crippen MR) is 104 cm³/mol. The van der Waals surface area contributed by atoms with Gasteiger partial charge in [0.25, 0.3) is 5.56 Å². The highest BCUT2D eigenvalue weighted by atomic mass is 32.2. The molecule has 0 atom stereocenters. The van der Waals surface area contributed by atoms with Gasteiger partial charge in [0.2, 0.25) is 5.91 Å². The van der Waals surface area contributed by atoms with Crippen molar-refractivity contribution in [1.82, 2.24) is 15.0 Å². The van der Waals surface area contributed by atoms with E-state index in [4.69, 9.17) is 4.74 Å². The molecular formula is C19H18N4O3S. The van der Waals surface area contributed by atoms with Crippen LogP contribution in [0.15, 0.2) is 64.8 Å². The Morgan fingerprint density at radius 2 is 2.15 bits per heavy atom. The largest absolute Gasteiger partial charge is 0.497 e. The van der Waals surface area contributed by atoms with E-state index in [1.54, 1.807) is 31.6 Å². The number of benzene rings is 1. The first kappa shape index (κ1) is 18.7. The number of hydrogen-bond acceptors (Lipinski definition) is 6. The van der Waals surface area contributed by atoms with Gasteiger partial charge in [-0.2, -0.15) is 0 Å². The van der Waals surface area contributed by atoms with Crippen molar-refractivity contribution < 1.29 is 9.53 Å². The van der Waals surface area contributed by atoms with Crippen LogP contribution in [0.5, 0.6) is 5.75 Å². The molecular weight excluding hydrogens is 364 g/mol. The third-order valence-corrected chi connectivity index (χ3v) is 4.51. The van der Waals surface area contributed by atoms with Gasteiger partial charge in [-0.1, -0.05) is 23.9 Å². The highest BCUT2D eigenvalue weighted by Gasteiger charge is 2.09. The van der Waals surface area contributed by atoms with Gasteiger partial charge in [-0.05, 0) is 29.8 Å². The van der Waals surface area contributed by atoms with E-state index in [1.165, 1.54) is 17.8 Å². The smallest absolute Gasteiger partial charge is 0.251 e. The molecule has 0 aliphatic rings. The molecule has 7 nitrogen and oxygen atoms in total. The summed E-state index contributed by atoms with van der Waals surface area (Å²) in [5, 5.41) is 3.19. The number of carbonyl (C=O) groups excluding carboxylic acids is 1. The van der Waals surface area contributed by atoms with Gasteiger partial charge in [-0.25, -0.2) is 4.98 Å². The third kappa shape index (κ3) is 5.68. The number of pyridine rings is 1. The first-order chi connectivity index (χ1) is 13.1. The number of ether oxygens (including phenoxy) is 1. The van der Waals surface area contributed by atoms with Crippen LogP contribution in [0.25, 0.3) is 0 Å². The second-order valence-corrected chi connectivity index (χ2v) is 6.61. The number of methoxy groups -OCH3 is 1. The summed E-state index contributed by atoms with van der Waals surface area (Å²) in [7, 11) is 1.62. The van der Waals surface area contributed by atoms with Gasteiger partial charge in [-0.3, -0.25) is 14.6 Å². The first-order valence-electron chi connectivity index (χ1n) is 8.18. The lowest BCUT2D eigenvalue weighted by molar-refractivity contribution is -0.115. The number of aromatic nitrogens is 3. The van der Waals surface area contributed by atoms with Gasteiger partial charge in [0.1, 0.15) is 5.75 Å². The van der Waals surface area contributed by atoms with Crippen molar-refractivity contribution in [2.45, 2.75) is 17.3 Å². The summed E-state index contributed by atoms with van der Waals surface area (Å²) in [6.45, 7) is 0. The molecule has 138 valence electrons. The number of rotatable bonds is 7. The van der Waals surface area contributed by atoms with Crippen molar-refractivity contribution in [3.8, 4) is 5.75 Å². The molecule has 0 aliphatic carbocycles. The van der Waals surface area contributed by atoms with Gasteiger partial charge in [0, 0.05) is 18.0 Å². The summed E-state index contributed by atoms with van der Waals surface area (Å²) in [6, 6.07) is 12.5. The molecule has 0 unspecified atom stereocenters. The van der Waals surface area contributed by atoms with Crippen molar-refractivity contribution >= 4 is 23.4 Å². The quantitative estimate of drug-likeness (QED) is 0.482. The maximum absolute atomic E-state index is 12.1. The fourth-order valence-electron chi connectivity index (χ4n) is 2.36. The van der Waals surface area contributed by atoms with Gasteiger partial charge < -0.3 is 15.0 Å². The predicted octanol–water partition coefficient (Wildman–Crippen LogP) is 2.65. The third-order valence-electron chi connectivity index (χ3n) is 3.57. The van der Waals surface area contributed by atoms with Crippen LogP contribution in [0.4, 0.5) is 5.69 Å². The Morgan fingerprint density at radius 1 is 1.26 bits per heavy atom. The van der Waals surface area contributed by atoms with E-state index in [0.717, 1.165) is 11.3 Å². The molecule has 0 radical (unpaired) electrons. The van der Waals surface area contributed by atoms with Gasteiger partial charge >= 0.3 is 0 Å². The number of carbonyl (C=O) groups is 1. The van der Waals surface area contributed by atoms with E-state index in [9.17, 15) is 9.59 Å². The van der Waals surface area contributed by atoms with Crippen molar-refractivity contribution in [1.29, 1.82) is 0 Å². The second kappa shape index (κ2) is 9.00. The number of amides is 1. The number of H-pyrrole nitrogens is 1. The molecule has 8 heteroatoms. The Morgan fingerprint density at radius 3 is 2.93 bits per heavy atom. The molecule has 0 saturated heterocycles. The molecule has 0 fully saturated rings. The number of nitrogens with zero attached hydrogens (tertiary/aromatic N) is 2. The molecule has 2 N–H and O–H groups in total. The van der Waals surface area contributed by atoms with Crippen LogP contribution in [-0.4, -0.2) is 28.0 Å². The lowest BCUT2D eigenvalue weighted by atomic mass is 10.2. The zero-order chi connectivity index (χ0) is 19.1. The summed E-state index contributed by atoms with van der Waals surface area (Å²) in [5.74, 6) is 1.13. The molecule has 27 heavy (non-hydrogen) atoms. The SMILES string of the molecule is COc1cccc(CSc2nc(CC(=O)Nc3cccnc3)cc(=O)[nH]2)c1. The summed E-state index contributed by atoms with van der Waals surface area (Å²) >= 11 is 1.39. The molecule has 0 saturated carbocycles. The van der Waals surface area contributed by atoms with E-state index in [2.05, 4.69) is 20.3 Å². The van der Waals surface area contributed by atoms with Crippen molar-refractivity contribution in [2.24, 2.45) is 0 Å². The van der Waals surface area contributed by atoms with Gasteiger partial charge in [0.05, 0.1) is 31.1 Å². The number of thioether (sulfide) groups is 1. The molecule has 0 bridgehead atoms. The van der Waals surface area contributed by atoms with E-state index in [0.29, 0.717) is 22.3 Å². The Bertz CT molecular complexity index is 976. The first-order valence-corrected chi connectivity index (χ1v) is 9.17. The Hall–Kier alpha value is -3.13. The zero-order valence-corrected chi connectivity index (χ0v) is 15.5. The molecule has 1 aromatic carbocycles. The van der Waals surface area contributed by atoms with Crippen molar-refractivity contribution in [2.75, 3.05) is 12.4 Å². The van der Waals surface area contributed by atoms with Crippen LogP contribution in [0.1, 0.15) is 11.3 Å².